The highest BCUT2D eigenvalue weighted by atomic mass is 16.6. The van der Waals surface area contributed by atoms with E-state index in [4.69, 9.17) is 5.11 Å². The Bertz CT molecular complexity index is 148. The summed E-state index contributed by atoms with van der Waals surface area (Å²) in [6, 6.07) is 0. The van der Waals surface area contributed by atoms with E-state index in [0.29, 0.717) is 5.76 Å². The molecule has 0 saturated carbocycles. The average molecular weight is 114 g/mol. The standard InChI is InChI=1S/C5H6O3/c1-3-2-4(6)5(7)8-3/h2,4,6H,1H3. The van der Waals surface area contributed by atoms with Gasteiger partial charge in [0.1, 0.15) is 5.76 Å². The molecule has 0 aromatic carbocycles. The van der Waals surface area contributed by atoms with Crippen LogP contribution in [-0.4, -0.2) is 17.2 Å². The van der Waals surface area contributed by atoms with Crippen LogP contribution in [0.3, 0.4) is 0 Å². The van der Waals surface area contributed by atoms with Gasteiger partial charge in [-0.1, -0.05) is 0 Å². The molecule has 0 aromatic rings. The van der Waals surface area contributed by atoms with E-state index in [0.717, 1.165) is 0 Å². The van der Waals surface area contributed by atoms with Gasteiger partial charge in [0.2, 0.25) is 0 Å². The van der Waals surface area contributed by atoms with Gasteiger partial charge < -0.3 is 9.84 Å². The molecule has 1 unspecified atom stereocenters. The fourth-order valence-electron chi connectivity index (χ4n) is 0.543. The summed E-state index contributed by atoms with van der Waals surface area (Å²) < 4.78 is 4.45. The number of hydrogen-bond donors (Lipinski definition) is 1. The molecule has 1 rings (SSSR count). The van der Waals surface area contributed by atoms with E-state index in [2.05, 4.69) is 4.74 Å². The van der Waals surface area contributed by atoms with Crippen molar-refractivity contribution in [3.05, 3.63) is 11.8 Å². The molecule has 0 bridgehead atoms. The molecule has 44 valence electrons. The molecule has 0 radical (unpaired) electrons. The predicted molar refractivity (Wildman–Crippen MR) is 25.9 cm³/mol. The molecule has 1 N–H and O–H groups in total. The number of rotatable bonds is 0. The second-order valence-electron chi connectivity index (χ2n) is 1.64. The zero-order valence-electron chi connectivity index (χ0n) is 4.42. The Morgan fingerprint density at radius 2 is 2.50 bits per heavy atom. The maximum atomic E-state index is 10.3. The normalized spacial score (nSPS) is 27.5. The van der Waals surface area contributed by atoms with Gasteiger partial charge in [-0.15, -0.1) is 0 Å². The summed E-state index contributed by atoms with van der Waals surface area (Å²) in [5.41, 5.74) is 0. The lowest BCUT2D eigenvalue weighted by molar-refractivity contribution is -0.143. The van der Waals surface area contributed by atoms with Crippen molar-refractivity contribution in [2.24, 2.45) is 0 Å². The van der Waals surface area contributed by atoms with Crippen molar-refractivity contribution >= 4 is 5.97 Å². The van der Waals surface area contributed by atoms with Gasteiger partial charge in [0, 0.05) is 0 Å². The molecule has 0 aromatic heterocycles. The van der Waals surface area contributed by atoms with E-state index in [1.54, 1.807) is 6.92 Å². The van der Waals surface area contributed by atoms with Crippen LogP contribution in [-0.2, 0) is 9.53 Å². The summed E-state index contributed by atoms with van der Waals surface area (Å²) in [6.45, 7) is 1.62. The average Bonchev–Trinajstić information content (AvgIpc) is 1.85. The lowest BCUT2D eigenvalue weighted by Gasteiger charge is -1.91. The molecule has 3 heteroatoms. The van der Waals surface area contributed by atoms with Crippen LogP contribution < -0.4 is 0 Å². The molecule has 1 atom stereocenters. The van der Waals surface area contributed by atoms with E-state index in [9.17, 15) is 4.79 Å². The SMILES string of the molecule is CC1=CC(O)C(=O)O1. The van der Waals surface area contributed by atoms with Crippen LogP contribution in [0.15, 0.2) is 11.8 Å². The van der Waals surface area contributed by atoms with Crippen molar-refractivity contribution in [1.29, 1.82) is 0 Å². The Kier molecular flexibility index (Phi) is 1.06. The summed E-state index contributed by atoms with van der Waals surface area (Å²) in [7, 11) is 0. The Hall–Kier alpha value is -0.830. The number of carbonyl (C=O) groups excluding carboxylic acids is 1. The molecule has 0 spiro atoms. The highest BCUT2D eigenvalue weighted by Gasteiger charge is 2.21. The molecule has 0 fully saturated rings. The van der Waals surface area contributed by atoms with Crippen molar-refractivity contribution in [2.75, 3.05) is 0 Å². The Morgan fingerprint density at radius 1 is 1.88 bits per heavy atom. The quantitative estimate of drug-likeness (QED) is 0.444. The van der Waals surface area contributed by atoms with Crippen molar-refractivity contribution < 1.29 is 14.6 Å². The van der Waals surface area contributed by atoms with Crippen LogP contribution in [0, 0.1) is 0 Å². The first kappa shape index (κ1) is 5.31. The first-order valence-electron chi connectivity index (χ1n) is 2.28. The fraction of sp³-hybridized carbons (Fsp3) is 0.400. The van der Waals surface area contributed by atoms with Crippen LogP contribution in [0.2, 0.25) is 0 Å². The van der Waals surface area contributed by atoms with Crippen molar-refractivity contribution in [2.45, 2.75) is 13.0 Å². The van der Waals surface area contributed by atoms with Crippen LogP contribution in [0.4, 0.5) is 0 Å². The number of cyclic esters (lactones) is 1. The van der Waals surface area contributed by atoms with Crippen LogP contribution in [0.5, 0.6) is 0 Å². The maximum absolute atomic E-state index is 10.3. The monoisotopic (exact) mass is 114 g/mol. The van der Waals surface area contributed by atoms with E-state index in [1.165, 1.54) is 6.08 Å². The zero-order chi connectivity index (χ0) is 6.15. The maximum Gasteiger partial charge on any atom is 0.344 e. The van der Waals surface area contributed by atoms with Gasteiger partial charge in [-0.25, -0.2) is 4.79 Å². The Balaban J connectivity index is 2.69. The zero-order valence-corrected chi connectivity index (χ0v) is 4.42. The molecule has 0 saturated heterocycles. The molecular weight excluding hydrogens is 108 g/mol. The number of aliphatic hydroxyl groups excluding tert-OH is 1. The highest BCUT2D eigenvalue weighted by Crippen LogP contribution is 2.09. The number of aliphatic hydroxyl groups is 1. The van der Waals surface area contributed by atoms with Gasteiger partial charge in [0.15, 0.2) is 6.10 Å². The first-order valence-corrected chi connectivity index (χ1v) is 2.28. The van der Waals surface area contributed by atoms with E-state index >= 15 is 0 Å². The van der Waals surface area contributed by atoms with Gasteiger partial charge in [0.25, 0.3) is 0 Å². The van der Waals surface area contributed by atoms with Crippen molar-refractivity contribution in [3.63, 3.8) is 0 Å². The van der Waals surface area contributed by atoms with E-state index in [-0.39, 0.29) is 0 Å². The summed E-state index contributed by atoms with van der Waals surface area (Å²) >= 11 is 0. The number of esters is 1. The second-order valence-corrected chi connectivity index (χ2v) is 1.64. The minimum atomic E-state index is -1.03. The summed E-state index contributed by atoms with van der Waals surface area (Å²) in [6.07, 6.45) is 0.331. The summed E-state index contributed by atoms with van der Waals surface area (Å²) in [5, 5.41) is 8.62. The van der Waals surface area contributed by atoms with Crippen LogP contribution in [0.1, 0.15) is 6.92 Å². The highest BCUT2D eigenvalue weighted by molar-refractivity contribution is 5.80. The smallest absolute Gasteiger partial charge is 0.344 e. The minimum absolute atomic E-state index is 0.475. The number of carbonyl (C=O) groups is 1. The molecule has 8 heavy (non-hydrogen) atoms. The lowest BCUT2D eigenvalue weighted by atomic mass is 10.4. The van der Waals surface area contributed by atoms with E-state index < -0.39 is 12.1 Å². The van der Waals surface area contributed by atoms with E-state index in [1.807, 2.05) is 0 Å². The third kappa shape index (κ3) is 0.721. The fourth-order valence-corrected chi connectivity index (χ4v) is 0.543. The van der Waals surface area contributed by atoms with Gasteiger partial charge in [-0.3, -0.25) is 0 Å². The number of hydrogen-bond acceptors (Lipinski definition) is 3. The van der Waals surface area contributed by atoms with Gasteiger partial charge >= 0.3 is 5.97 Å². The first-order chi connectivity index (χ1) is 3.70. The molecule has 0 aliphatic carbocycles. The van der Waals surface area contributed by atoms with Crippen molar-refractivity contribution in [1.82, 2.24) is 0 Å². The van der Waals surface area contributed by atoms with Crippen molar-refractivity contribution in [3.8, 4) is 0 Å². The third-order valence-corrected chi connectivity index (χ3v) is 0.896. The Labute approximate surface area is 46.6 Å². The molecule has 3 nitrogen and oxygen atoms in total. The minimum Gasteiger partial charge on any atom is -0.429 e. The van der Waals surface area contributed by atoms with Gasteiger partial charge in [-0.2, -0.15) is 0 Å². The molecule has 1 heterocycles. The molecule has 1 aliphatic rings. The molecule has 1 aliphatic heterocycles. The Morgan fingerprint density at radius 3 is 2.62 bits per heavy atom. The summed E-state index contributed by atoms with van der Waals surface area (Å²) in [5.74, 6) is -0.106. The molecular formula is C5H6O3. The molecule has 0 amide bonds. The lowest BCUT2D eigenvalue weighted by Crippen LogP contribution is -2.12. The van der Waals surface area contributed by atoms with Crippen LogP contribution in [0.25, 0.3) is 0 Å². The largest absolute Gasteiger partial charge is 0.429 e. The second kappa shape index (κ2) is 1.59. The topological polar surface area (TPSA) is 46.5 Å². The number of allylic oxidation sites excluding steroid dienone is 1. The van der Waals surface area contributed by atoms with Gasteiger partial charge in [-0.05, 0) is 13.0 Å². The summed E-state index contributed by atoms with van der Waals surface area (Å²) in [4.78, 5) is 10.3. The van der Waals surface area contributed by atoms with Crippen LogP contribution >= 0.6 is 0 Å². The third-order valence-electron chi connectivity index (χ3n) is 0.896. The number of ether oxygens (including phenoxy) is 1. The predicted octanol–water partition coefficient (Wildman–Crippen LogP) is -0.192. The van der Waals surface area contributed by atoms with Gasteiger partial charge in [0.05, 0.1) is 0 Å².